The molecule has 0 spiro atoms. The molecule has 0 aromatic heterocycles. The summed E-state index contributed by atoms with van der Waals surface area (Å²) in [5.41, 5.74) is 0.556. The highest BCUT2D eigenvalue weighted by molar-refractivity contribution is 5.91. The third kappa shape index (κ3) is 5.41. The van der Waals surface area contributed by atoms with E-state index in [4.69, 9.17) is 0 Å². The Kier molecular flexibility index (Phi) is 6.17. The predicted molar refractivity (Wildman–Crippen MR) is 82.6 cm³/mol. The molecule has 0 unspecified atom stereocenters. The van der Waals surface area contributed by atoms with Crippen molar-refractivity contribution < 1.29 is 18.0 Å². The standard InChI is InChI=1S/C17H17F3N2O/c18-13-6-4-12(5-7-13)8-10-21-11-9-16(23)22-17-14(19)2-1-3-15(17)20/h1-7,21H,8-11H2,(H,22,23). The molecule has 2 rings (SSSR count). The van der Waals surface area contributed by atoms with Gasteiger partial charge in [0, 0.05) is 13.0 Å². The Bertz CT molecular complexity index is 639. The fourth-order valence-electron chi connectivity index (χ4n) is 2.03. The molecule has 0 atom stereocenters. The molecule has 0 aliphatic carbocycles. The minimum absolute atomic E-state index is 0.0944. The zero-order valence-electron chi connectivity index (χ0n) is 12.4. The Hall–Kier alpha value is -2.34. The summed E-state index contributed by atoms with van der Waals surface area (Å²) in [5.74, 6) is -2.35. The number of amides is 1. The van der Waals surface area contributed by atoms with E-state index < -0.39 is 23.2 Å². The first-order chi connectivity index (χ1) is 11.1. The van der Waals surface area contributed by atoms with Crippen molar-refractivity contribution in [3.8, 4) is 0 Å². The Labute approximate surface area is 132 Å². The lowest BCUT2D eigenvalue weighted by Crippen LogP contribution is -2.24. The molecule has 3 nitrogen and oxygen atoms in total. The summed E-state index contributed by atoms with van der Waals surface area (Å²) in [6.45, 7) is 0.996. The van der Waals surface area contributed by atoms with Gasteiger partial charge in [-0.2, -0.15) is 0 Å². The average Bonchev–Trinajstić information content (AvgIpc) is 2.52. The molecule has 0 saturated carbocycles. The maximum absolute atomic E-state index is 13.4. The van der Waals surface area contributed by atoms with Gasteiger partial charge in [-0.25, -0.2) is 13.2 Å². The zero-order valence-corrected chi connectivity index (χ0v) is 12.4. The molecule has 0 saturated heterocycles. The molecule has 0 bridgehead atoms. The van der Waals surface area contributed by atoms with E-state index in [0.29, 0.717) is 19.5 Å². The zero-order chi connectivity index (χ0) is 16.7. The van der Waals surface area contributed by atoms with Gasteiger partial charge in [-0.1, -0.05) is 18.2 Å². The van der Waals surface area contributed by atoms with Gasteiger partial charge < -0.3 is 10.6 Å². The van der Waals surface area contributed by atoms with Gasteiger partial charge in [0.1, 0.15) is 23.1 Å². The van der Waals surface area contributed by atoms with Crippen LogP contribution in [0.3, 0.4) is 0 Å². The monoisotopic (exact) mass is 322 g/mol. The molecule has 122 valence electrons. The topological polar surface area (TPSA) is 41.1 Å². The molecule has 2 aromatic rings. The van der Waals surface area contributed by atoms with Crippen molar-refractivity contribution in [1.82, 2.24) is 5.32 Å². The van der Waals surface area contributed by atoms with Crippen LogP contribution < -0.4 is 10.6 Å². The molecule has 0 fully saturated rings. The van der Waals surface area contributed by atoms with Gasteiger partial charge in [0.25, 0.3) is 0 Å². The fraction of sp³-hybridized carbons (Fsp3) is 0.235. The van der Waals surface area contributed by atoms with Crippen LogP contribution in [0.25, 0.3) is 0 Å². The van der Waals surface area contributed by atoms with E-state index in [1.807, 2.05) is 0 Å². The summed E-state index contributed by atoms with van der Waals surface area (Å²) in [6, 6.07) is 9.59. The summed E-state index contributed by atoms with van der Waals surface area (Å²) in [5, 5.41) is 5.28. The molecule has 2 N–H and O–H groups in total. The molecule has 0 radical (unpaired) electrons. The van der Waals surface area contributed by atoms with Crippen LogP contribution in [-0.4, -0.2) is 19.0 Å². The number of anilines is 1. The third-order valence-electron chi connectivity index (χ3n) is 3.26. The smallest absolute Gasteiger partial charge is 0.225 e. The second-order valence-electron chi connectivity index (χ2n) is 5.02. The minimum Gasteiger partial charge on any atom is -0.321 e. The van der Waals surface area contributed by atoms with Crippen molar-refractivity contribution in [2.75, 3.05) is 18.4 Å². The summed E-state index contributed by atoms with van der Waals surface area (Å²) >= 11 is 0. The summed E-state index contributed by atoms with van der Waals surface area (Å²) in [6.07, 6.45) is 0.793. The Morgan fingerprint density at radius 3 is 2.22 bits per heavy atom. The van der Waals surface area contributed by atoms with Crippen LogP contribution >= 0.6 is 0 Å². The summed E-state index contributed by atoms with van der Waals surface area (Å²) in [4.78, 5) is 11.7. The van der Waals surface area contributed by atoms with Gasteiger partial charge in [0.15, 0.2) is 0 Å². The van der Waals surface area contributed by atoms with Crippen molar-refractivity contribution in [2.24, 2.45) is 0 Å². The second-order valence-corrected chi connectivity index (χ2v) is 5.02. The van der Waals surface area contributed by atoms with Crippen LogP contribution in [0.15, 0.2) is 42.5 Å². The molecule has 2 aromatic carbocycles. The molecule has 0 aliphatic rings. The van der Waals surface area contributed by atoms with E-state index >= 15 is 0 Å². The number of hydrogen-bond acceptors (Lipinski definition) is 2. The number of halogens is 3. The molecule has 23 heavy (non-hydrogen) atoms. The van der Waals surface area contributed by atoms with Gasteiger partial charge in [0.2, 0.25) is 5.91 Å². The molecule has 6 heteroatoms. The molecule has 0 aliphatic heterocycles. The van der Waals surface area contributed by atoms with E-state index in [-0.39, 0.29) is 12.2 Å². The Morgan fingerprint density at radius 2 is 1.57 bits per heavy atom. The lowest BCUT2D eigenvalue weighted by molar-refractivity contribution is -0.116. The number of carbonyl (C=O) groups excluding carboxylic acids is 1. The van der Waals surface area contributed by atoms with Gasteiger partial charge in [-0.15, -0.1) is 0 Å². The van der Waals surface area contributed by atoms with Crippen molar-refractivity contribution in [3.63, 3.8) is 0 Å². The van der Waals surface area contributed by atoms with Crippen LogP contribution in [-0.2, 0) is 11.2 Å². The first-order valence-electron chi connectivity index (χ1n) is 7.25. The largest absolute Gasteiger partial charge is 0.321 e. The number of hydrogen-bond donors (Lipinski definition) is 2. The van der Waals surface area contributed by atoms with Crippen LogP contribution in [0, 0.1) is 17.5 Å². The molecular formula is C17H17F3N2O. The van der Waals surface area contributed by atoms with Crippen molar-refractivity contribution in [2.45, 2.75) is 12.8 Å². The van der Waals surface area contributed by atoms with Crippen LogP contribution in [0.5, 0.6) is 0 Å². The predicted octanol–water partition coefficient (Wildman–Crippen LogP) is 3.26. The van der Waals surface area contributed by atoms with Gasteiger partial charge in [0.05, 0.1) is 0 Å². The third-order valence-corrected chi connectivity index (χ3v) is 3.26. The second kappa shape index (κ2) is 8.33. The normalized spacial score (nSPS) is 10.6. The first kappa shape index (κ1) is 17.0. The maximum Gasteiger partial charge on any atom is 0.225 e. The highest BCUT2D eigenvalue weighted by Gasteiger charge is 2.11. The van der Waals surface area contributed by atoms with E-state index in [1.54, 1.807) is 12.1 Å². The van der Waals surface area contributed by atoms with Gasteiger partial charge in [-0.05, 0) is 42.8 Å². The van der Waals surface area contributed by atoms with Crippen LogP contribution in [0.4, 0.5) is 18.9 Å². The number of rotatable bonds is 7. The molecular weight excluding hydrogens is 305 g/mol. The average molecular weight is 322 g/mol. The SMILES string of the molecule is O=C(CCNCCc1ccc(F)cc1)Nc1c(F)cccc1F. The quantitative estimate of drug-likeness (QED) is 0.768. The molecule has 1 amide bonds. The van der Waals surface area contributed by atoms with Crippen molar-refractivity contribution in [1.29, 1.82) is 0 Å². The Morgan fingerprint density at radius 1 is 0.913 bits per heavy atom. The summed E-state index contributed by atoms with van der Waals surface area (Å²) < 4.78 is 39.5. The lowest BCUT2D eigenvalue weighted by atomic mass is 10.1. The van der Waals surface area contributed by atoms with E-state index in [1.165, 1.54) is 18.2 Å². The fourth-order valence-corrected chi connectivity index (χ4v) is 2.03. The summed E-state index contributed by atoms with van der Waals surface area (Å²) in [7, 11) is 0. The molecule has 0 heterocycles. The van der Waals surface area contributed by atoms with E-state index in [9.17, 15) is 18.0 Å². The number of benzene rings is 2. The minimum atomic E-state index is -0.803. The van der Waals surface area contributed by atoms with Gasteiger partial charge >= 0.3 is 0 Å². The van der Waals surface area contributed by atoms with E-state index in [0.717, 1.165) is 17.7 Å². The van der Waals surface area contributed by atoms with E-state index in [2.05, 4.69) is 10.6 Å². The number of nitrogens with one attached hydrogen (secondary N) is 2. The number of para-hydroxylation sites is 1. The highest BCUT2D eigenvalue weighted by Crippen LogP contribution is 2.17. The first-order valence-corrected chi connectivity index (χ1v) is 7.25. The highest BCUT2D eigenvalue weighted by atomic mass is 19.1. The van der Waals surface area contributed by atoms with Crippen molar-refractivity contribution in [3.05, 3.63) is 65.5 Å². The van der Waals surface area contributed by atoms with Crippen LogP contribution in [0.1, 0.15) is 12.0 Å². The van der Waals surface area contributed by atoms with Gasteiger partial charge in [-0.3, -0.25) is 4.79 Å². The lowest BCUT2D eigenvalue weighted by Gasteiger charge is -2.08. The maximum atomic E-state index is 13.4. The van der Waals surface area contributed by atoms with Crippen LogP contribution in [0.2, 0.25) is 0 Å². The Balaban J connectivity index is 1.68. The van der Waals surface area contributed by atoms with Crippen molar-refractivity contribution >= 4 is 11.6 Å². The number of carbonyl (C=O) groups is 1.